The topological polar surface area (TPSA) is 58.6 Å². The second kappa shape index (κ2) is 11.9. The lowest BCUT2D eigenvalue weighted by Crippen LogP contribution is -2.51. The summed E-state index contributed by atoms with van der Waals surface area (Å²) in [4.78, 5) is 27.8. The number of amides is 2. The number of rotatable bonds is 10. The molecule has 0 saturated carbocycles. The second-order valence-electron chi connectivity index (χ2n) is 7.43. The normalized spacial score (nSPS) is 12.7. The Morgan fingerprint density at radius 2 is 1.73 bits per heavy atom. The quantitative estimate of drug-likeness (QED) is 0.461. The highest BCUT2D eigenvalue weighted by Gasteiger charge is 2.29. The van der Waals surface area contributed by atoms with E-state index in [0.29, 0.717) is 18.7 Å². The highest BCUT2D eigenvalue weighted by Crippen LogP contribution is 2.17. The Bertz CT molecular complexity index is 839. The molecule has 2 amide bonds. The molecule has 5 nitrogen and oxygen atoms in total. The molecular weight excluding hydrogens is 491 g/mol. The van der Waals surface area contributed by atoms with E-state index in [1.165, 1.54) is 0 Å². The molecule has 0 heterocycles. The Hall–Kier alpha value is -2.09. The molecule has 0 saturated heterocycles. The Balaban J connectivity index is 2.21. The van der Waals surface area contributed by atoms with Crippen LogP contribution in [0.2, 0.25) is 0 Å². The summed E-state index contributed by atoms with van der Waals surface area (Å²) < 4.78 is 6.82. The van der Waals surface area contributed by atoms with Crippen molar-refractivity contribution >= 4 is 34.4 Å². The summed E-state index contributed by atoms with van der Waals surface area (Å²) in [6.45, 7) is 8.20. The number of carbonyl (C=O) groups excluding carboxylic acids is 2. The van der Waals surface area contributed by atoms with Crippen LogP contribution in [0.4, 0.5) is 0 Å². The van der Waals surface area contributed by atoms with Gasteiger partial charge < -0.3 is 15.0 Å². The third-order valence-electron chi connectivity index (χ3n) is 5.16. The van der Waals surface area contributed by atoms with Gasteiger partial charge in [-0.2, -0.15) is 0 Å². The van der Waals surface area contributed by atoms with Crippen molar-refractivity contribution in [2.45, 2.75) is 59.2 Å². The fraction of sp³-hybridized carbons (Fsp3) is 0.417. The minimum atomic E-state index is -0.550. The molecule has 0 aromatic heterocycles. The van der Waals surface area contributed by atoms with Gasteiger partial charge in [-0.25, -0.2) is 0 Å². The van der Waals surface area contributed by atoms with Crippen molar-refractivity contribution in [3.8, 4) is 5.75 Å². The second-order valence-corrected chi connectivity index (χ2v) is 8.68. The van der Waals surface area contributed by atoms with Crippen LogP contribution in [0.1, 0.15) is 44.7 Å². The molecule has 0 spiro atoms. The minimum absolute atomic E-state index is 0.0602. The van der Waals surface area contributed by atoms with Gasteiger partial charge in [-0.05, 0) is 84.7 Å². The first-order chi connectivity index (χ1) is 14.3. The van der Waals surface area contributed by atoms with E-state index in [9.17, 15) is 9.59 Å². The van der Waals surface area contributed by atoms with Crippen LogP contribution in [0.3, 0.4) is 0 Å². The number of ether oxygens (including phenoxy) is 1. The van der Waals surface area contributed by atoms with E-state index in [-0.39, 0.29) is 24.5 Å². The van der Waals surface area contributed by atoms with Gasteiger partial charge in [0.25, 0.3) is 5.91 Å². The lowest BCUT2D eigenvalue weighted by Gasteiger charge is -2.31. The molecule has 2 aromatic rings. The average Bonchev–Trinajstić information content (AvgIpc) is 2.74. The monoisotopic (exact) mass is 522 g/mol. The van der Waals surface area contributed by atoms with Gasteiger partial charge in [0.15, 0.2) is 6.61 Å². The summed E-state index contributed by atoms with van der Waals surface area (Å²) in [6, 6.07) is 15.0. The predicted molar refractivity (Wildman–Crippen MR) is 128 cm³/mol. The Labute approximate surface area is 193 Å². The van der Waals surface area contributed by atoms with Crippen LogP contribution in [0, 0.1) is 10.5 Å². The molecule has 2 atom stereocenters. The molecule has 30 heavy (non-hydrogen) atoms. The Morgan fingerprint density at radius 1 is 1.07 bits per heavy atom. The van der Waals surface area contributed by atoms with Crippen molar-refractivity contribution in [1.29, 1.82) is 0 Å². The van der Waals surface area contributed by atoms with Gasteiger partial charge in [-0.15, -0.1) is 0 Å². The molecule has 0 aliphatic rings. The number of carbonyl (C=O) groups is 2. The summed E-state index contributed by atoms with van der Waals surface area (Å²) in [5.74, 6) is 0.308. The van der Waals surface area contributed by atoms with Gasteiger partial charge in [0.2, 0.25) is 5.91 Å². The molecule has 0 fully saturated rings. The number of nitrogens with one attached hydrogen (secondary N) is 1. The van der Waals surface area contributed by atoms with Crippen molar-refractivity contribution in [3.63, 3.8) is 0 Å². The van der Waals surface area contributed by atoms with E-state index in [2.05, 4.69) is 27.9 Å². The number of hydrogen-bond acceptors (Lipinski definition) is 3. The first-order valence-electron chi connectivity index (χ1n) is 10.4. The van der Waals surface area contributed by atoms with Crippen LogP contribution < -0.4 is 10.1 Å². The molecule has 0 unspecified atom stereocenters. The summed E-state index contributed by atoms with van der Waals surface area (Å²) >= 11 is 2.22. The SMILES string of the molecule is CC[C@H](C(=O)N[C@@H](C)CC)N(Cc1ccccc1C)C(=O)COc1ccc(I)cc1. The molecule has 0 radical (unpaired) electrons. The maximum atomic E-state index is 13.2. The van der Waals surface area contributed by atoms with E-state index in [0.717, 1.165) is 21.1 Å². The average molecular weight is 522 g/mol. The molecule has 1 N–H and O–H groups in total. The van der Waals surface area contributed by atoms with Gasteiger partial charge in [-0.1, -0.05) is 38.1 Å². The Morgan fingerprint density at radius 3 is 2.33 bits per heavy atom. The van der Waals surface area contributed by atoms with Crippen LogP contribution in [0.25, 0.3) is 0 Å². The maximum absolute atomic E-state index is 13.2. The van der Waals surface area contributed by atoms with Gasteiger partial charge in [0.1, 0.15) is 11.8 Å². The summed E-state index contributed by atoms with van der Waals surface area (Å²) in [6.07, 6.45) is 1.37. The van der Waals surface area contributed by atoms with Gasteiger partial charge >= 0.3 is 0 Å². The van der Waals surface area contributed by atoms with Crippen LogP contribution in [-0.2, 0) is 16.1 Å². The smallest absolute Gasteiger partial charge is 0.261 e. The fourth-order valence-electron chi connectivity index (χ4n) is 3.09. The van der Waals surface area contributed by atoms with E-state index >= 15 is 0 Å². The van der Waals surface area contributed by atoms with E-state index < -0.39 is 6.04 Å². The van der Waals surface area contributed by atoms with E-state index in [1.54, 1.807) is 4.90 Å². The lowest BCUT2D eigenvalue weighted by molar-refractivity contribution is -0.143. The number of benzene rings is 2. The number of aryl methyl sites for hydroxylation is 1. The van der Waals surface area contributed by atoms with Crippen molar-refractivity contribution in [3.05, 3.63) is 63.2 Å². The van der Waals surface area contributed by atoms with E-state index in [1.807, 2.05) is 76.2 Å². The summed E-state index contributed by atoms with van der Waals surface area (Å²) in [7, 11) is 0. The largest absolute Gasteiger partial charge is 0.484 e. The van der Waals surface area contributed by atoms with Crippen molar-refractivity contribution in [2.24, 2.45) is 0 Å². The minimum Gasteiger partial charge on any atom is -0.484 e. The van der Waals surface area contributed by atoms with Crippen LogP contribution in [0.5, 0.6) is 5.75 Å². The van der Waals surface area contributed by atoms with Gasteiger partial charge in [0.05, 0.1) is 0 Å². The standard InChI is InChI=1S/C24H31IN2O3/c1-5-18(4)26-24(29)22(6-2)27(15-19-10-8-7-9-17(19)3)23(28)16-30-21-13-11-20(25)12-14-21/h7-14,18,22H,5-6,15-16H2,1-4H3,(H,26,29)/t18-,22+/m0/s1. The molecule has 0 bridgehead atoms. The molecule has 2 aromatic carbocycles. The predicted octanol–water partition coefficient (Wildman–Crippen LogP) is 4.70. The first kappa shape index (κ1) is 24.2. The number of hydrogen-bond donors (Lipinski definition) is 1. The number of halogens is 1. The van der Waals surface area contributed by atoms with Gasteiger partial charge in [0, 0.05) is 16.2 Å². The zero-order valence-electron chi connectivity index (χ0n) is 18.2. The maximum Gasteiger partial charge on any atom is 0.261 e. The zero-order valence-corrected chi connectivity index (χ0v) is 20.3. The van der Waals surface area contributed by atoms with Crippen molar-refractivity contribution in [1.82, 2.24) is 10.2 Å². The van der Waals surface area contributed by atoms with Crippen molar-refractivity contribution in [2.75, 3.05) is 6.61 Å². The van der Waals surface area contributed by atoms with E-state index in [4.69, 9.17) is 4.74 Å². The van der Waals surface area contributed by atoms with Gasteiger partial charge in [-0.3, -0.25) is 9.59 Å². The lowest BCUT2D eigenvalue weighted by atomic mass is 10.1. The number of nitrogens with zero attached hydrogens (tertiary/aromatic N) is 1. The summed E-state index contributed by atoms with van der Waals surface area (Å²) in [5, 5.41) is 3.02. The fourth-order valence-corrected chi connectivity index (χ4v) is 3.45. The summed E-state index contributed by atoms with van der Waals surface area (Å²) in [5.41, 5.74) is 2.11. The zero-order chi connectivity index (χ0) is 22.1. The Kier molecular flexibility index (Phi) is 9.62. The molecule has 0 aliphatic carbocycles. The highest BCUT2D eigenvalue weighted by atomic mass is 127. The highest BCUT2D eigenvalue weighted by molar-refractivity contribution is 14.1. The molecule has 2 rings (SSSR count). The molecule has 0 aliphatic heterocycles. The third kappa shape index (κ3) is 7.00. The molecular formula is C24H31IN2O3. The van der Waals surface area contributed by atoms with Crippen molar-refractivity contribution < 1.29 is 14.3 Å². The van der Waals surface area contributed by atoms with Crippen LogP contribution in [0.15, 0.2) is 48.5 Å². The van der Waals surface area contributed by atoms with Crippen LogP contribution >= 0.6 is 22.6 Å². The first-order valence-corrected chi connectivity index (χ1v) is 11.5. The van der Waals surface area contributed by atoms with Crippen LogP contribution in [-0.4, -0.2) is 35.4 Å². The molecule has 6 heteroatoms. The third-order valence-corrected chi connectivity index (χ3v) is 5.88. The molecule has 162 valence electrons.